The number of rotatable bonds is 3. The molecule has 62 valence electrons. The average molecular weight is 264 g/mol. The normalized spacial score (nSPS) is 10.8. The zero-order valence-electron chi connectivity index (χ0n) is 6.88. The SMILES string of the molecule is C#C.C/C=C(C)\C=C/COI. The Labute approximate surface area is 83.2 Å². The first kappa shape index (κ1) is 13.3. The molecule has 0 radical (unpaired) electrons. The predicted octanol–water partition coefficient (Wildman–Crippen LogP) is 3.12. The van der Waals surface area contributed by atoms with Gasteiger partial charge in [0.25, 0.3) is 0 Å². The molecule has 1 nitrogen and oxygen atoms in total. The Bertz CT molecular complexity index is 145. The minimum absolute atomic E-state index is 0.686. The van der Waals surface area contributed by atoms with Crippen molar-refractivity contribution in [3.8, 4) is 12.8 Å². The van der Waals surface area contributed by atoms with Crippen molar-refractivity contribution in [2.24, 2.45) is 0 Å². The highest BCUT2D eigenvalue weighted by Gasteiger charge is 1.75. The maximum atomic E-state index is 4.79. The summed E-state index contributed by atoms with van der Waals surface area (Å²) in [5.41, 5.74) is 1.27. The van der Waals surface area contributed by atoms with Gasteiger partial charge < -0.3 is 3.07 Å². The van der Waals surface area contributed by atoms with Crippen molar-refractivity contribution in [2.45, 2.75) is 13.8 Å². The molecule has 0 bridgehead atoms. The molecule has 0 rings (SSSR count). The topological polar surface area (TPSA) is 9.23 Å². The highest BCUT2D eigenvalue weighted by molar-refractivity contribution is 14.1. The van der Waals surface area contributed by atoms with Crippen LogP contribution in [0.15, 0.2) is 23.8 Å². The van der Waals surface area contributed by atoms with Gasteiger partial charge in [-0.1, -0.05) is 23.8 Å². The second kappa shape index (κ2) is 12.4. The number of halogens is 1. The molecular weight excluding hydrogens is 251 g/mol. The molecule has 0 amide bonds. The van der Waals surface area contributed by atoms with E-state index in [4.69, 9.17) is 3.07 Å². The van der Waals surface area contributed by atoms with Gasteiger partial charge in [0.1, 0.15) is 23.0 Å². The first-order valence-electron chi connectivity index (χ1n) is 3.17. The predicted molar refractivity (Wildman–Crippen MR) is 58.4 cm³/mol. The Balaban J connectivity index is 0. The fourth-order valence-electron chi connectivity index (χ4n) is 0.367. The van der Waals surface area contributed by atoms with Crippen molar-refractivity contribution < 1.29 is 3.07 Å². The third-order valence-corrected chi connectivity index (χ3v) is 1.35. The molecule has 0 aliphatic heterocycles. The molecule has 0 spiro atoms. The Hall–Kier alpha value is -0.270. The van der Waals surface area contributed by atoms with E-state index in [-0.39, 0.29) is 0 Å². The lowest BCUT2D eigenvalue weighted by Crippen LogP contribution is -1.74. The molecular formula is C9H13IO. The average Bonchev–Trinajstić information content (AvgIpc) is 2.08. The summed E-state index contributed by atoms with van der Waals surface area (Å²) in [6, 6.07) is 0. The highest BCUT2D eigenvalue weighted by Crippen LogP contribution is 1.94. The van der Waals surface area contributed by atoms with Gasteiger partial charge in [-0.3, -0.25) is 0 Å². The van der Waals surface area contributed by atoms with E-state index >= 15 is 0 Å². The summed E-state index contributed by atoms with van der Waals surface area (Å²) < 4.78 is 4.79. The summed E-state index contributed by atoms with van der Waals surface area (Å²) in [7, 11) is 0. The first-order chi connectivity index (χ1) is 5.31. The summed E-state index contributed by atoms with van der Waals surface area (Å²) in [5.74, 6) is 0. The van der Waals surface area contributed by atoms with Gasteiger partial charge in [-0.15, -0.1) is 12.8 Å². The van der Waals surface area contributed by atoms with E-state index in [9.17, 15) is 0 Å². The van der Waals surface area contributed by atoms with Crippen LogP contribution in [0.4, 0.5) is 0 Å². The second-order valence-corrected chi connectivity index (χ2v) is 2.33. The standard InChI is InChI=1S/C7H11IO.C2H2/c1-3-7(2)5-4-6-9-8;1-2/h3-5H,6H2,1-2H3;1-2H/b5-4-,7-3-;. The van der Waals surface area contributed by atoms with Crippen LogP contribution in [-0.2, 0) is 3.07 Å². The molecule has 0 aromatic carbocycles. The molecule has 2 heteroatoms. The lowest BCUT2D eigenvalue weighted by atomic mass is 10.3. The van der Waals surface area contributed by atoms with Crippen LogP contribution in [0.3, 0.4) is 0 Å². The molecule has 0 aliphatic carbocycles. The highest BCUT2D eigenvalue weighted by atomic mass is 127. The molecule has 0 aromatic heterocycles. The van der Waals surface area contributed by atoms with E-state index in [0.717, 1.165) is 0 Å². The quantitative estimate of drug-likeness (QED) is 0.432. The molecule has 0 heterocycles. The van der Waals surface area contributed by atoms with Crippen molar-refractivity contribution >= 4 is 23.0 Å². The Morgan fingerprint density at radius 2 is 2.09 bits per heavy atom. The fourth-order valence-corrected chi connectivity index (χ4v) is 0.574. The van der Waals surface area contributed by atoms with Crippen LogP contribution in [0.2, 0.25) is 0 Å². The third-order valence-electron chi connectivity index (χ3n) is 0.995. The van der Waals surface area contributed by atoms with Gasteiger partial charge in [0.2, 0.25) is 0 Å². The van der Waals surface area contributed by atoms with Crippen molar-refractivity contribution in [2.75, 3.05) is 6.61 Å². The molecule has 0 N–H and O–H groups in total. The van der Waals surface area contributed by atoms with Gasteiger partial charge in [0.15, 0.2) is 0 Å². The van der Waals surface area contributed by atoms with Crippen LogP contribution in [0.1, 0.15) is 13.8 Å². The smallest absolute Gasteiger partial charge is 0.110 e. The Morgan fingerprint density at radius 3 is 2.45 bits per heavy atom. The molecule has 0 aromatic rings. The Morgan fingerprint density at radius 1 is 1.55 bits per heavy atom. The van der Waals surface area contributed by atoms with E-state index in [1.807, 2.05) is 42.1 Å². The van der Waals surface area contributed by atoms with Gasteiger partial charge in [0.05, 0.1) is 6.61 Å². The van der Waals surface area contributed by atoms with Crippen molar-refractivity contribution in [3.05, 3.63) is 23.8 Å². The third kappa shape index (κ3) is 12.8. The number of hydrogen-bond acceptors (Lipinski definition) is 1. The zero-order chi connectivity index (χ0) is 9.11. The van der Waals surface area contributed by atoms with E-state index in [1.54, 1.807) is 0 Å². The van der Waals surface area contributed by atoms with E-state index in [1.165, 1.54) is 5.57 Å². The minimum atomic E-state index is 0.686. The van der Waals surface area contributed by atoms with Gasteiger partial charge in [0, 0.05) is 0 Å². The molecule has 0 fully saturated rings. The first-order valence-corrected chi connectivity index (χ1v) is 4.05. The maximum absolute atomic E-state index is 4.79. The molecule has 0 unspecified atom stereocenters. The number of terminal acetylenes is 1. The molecule has 0 saturated carbocycles. The van der Waals surface area contributed by atoms with Crippen LogP contribution in [0.5, 0.6) is 0 Å². The van der Waals surface area contributed by atoms with Crippen molar-refractivity contribution in [1.82, 2.24) is 0 Å². The lowest BCUT2D eigenvalue weighted by molar-refractivity contribution is 0.488. The van der Waals surface area contributed by atoms with Crippen molar-refractivity contribution in [1.29, 1.82) is 0 Å². The minimum Gasteiger partial charge on any atom is -0.312 e. The Kier molecular flexibility index (Phi) is 15.0. The number of hydrogen-bond donors (Lipinski definition) is 0. The summed E-state index contributed by atoms with van der Waals surface area (Å²) >= 11 is 1.88. The van der Waals surface area contributed by atoms with E-state index in [2.05, 4.69) is 25.8 Å². The molecule has 11 heavy (non-hydrogen) atoms. The summed E-state index contributed by atoms with van der Waals surface area (Å²) in [5, 5.41) is 0. The maximum Gasteiger partial charge on any atom is 0.110 e. The van der Waals surface area contributed by atoms with E-state index in [0.29, 0.717) is 6.61 Å². The summed E-state index contributed by atoms with van der Waals surface area (Å²) in [4.78, 5) is 0. The molecule has 0 saturated heterocycles. The summed E-state index contributed by atoms with van der Waals surface area (Å²) in [6.45, 7) is 4.76. The fraction of sp³-hybridized carbons (Fsp3) is 0.333. The van der Waals surface area contributed by atoms with Crippen LogP contribution in [-0.4, -0.2) is 6.61 Å². The molecule has 0 atom stereocenters. The van der Waals surface area contributed by atoms with Crippen LogP contribution in [0, 0.1) is 12.8 Å². The van der Waals surface area contributed by atoms with Crippen LogP contribution >= 0.6 is 23.0 Å². The van der Waals surface area contributed by atoms with Crippen molar-refractivity contribution in [3.63, 3.8) is 0 Å². The monoisotopic (exact) mass is 264 g/mol. The van der Waals surface area contributed by atoms with Crippen LogP contribution < -0.4 is 0 Å². The van der Waals surface area contributed by atoms with E-state index < -0.39 is 0 Å². The lowest BCUT2D eigenvalue weighted by Gasteiger charge is -1.86. The van der Waals surface area contributed by atoms with Gasteiger partial charge >= 0.3 is 0 Å². The van der Waals surface area contributed by atoms with Crippen LogP contribution in [0.25, 0.3) is 0 Å². The zero-order valence-corrected chi connectivity index (χ0v) is 9.04. The number of allylic oxidation sites excluding steroid dienone is 3. The van der Waals surface area contributed by atoms with Gasteiger partial charge in [-0.2, -0.15) is 0 Å². The molecule has 0 aliphatic rings. The van der Waals surface area contributed by atoms with Gasteiger partial charge in [-0.05, 0) is 13.8 Å². The summed E-state index contributed by atoms with van der Waals surface area (Å²) in [6.07, 6.45) is 14.1. The largest absolute Gasteiger partial charge is 0.312 e. The second-order valence-electron chi connectivity index (χ2n) is 1.71. The van der Waals surface area contributed by atoms with Gasteiger partial charge in [-0.25, -0.2) is 0 Å².